The van der Waals surface area contributed by atoms with Gasteiger partial charge in [0.1, 0.15) is 5.60 Å². The van der Waals surface area contributed by atoms with Crippen molar-refractivity contribution in [3.05, 3.63) is 0 Å². The van der Waals surface area contributed by atoms with E-state index in [4.69, 9.17) is 10.00 Å². The van der Waals surface area contributed by atoms with Crippen molar-refractivity contribution in [2.75, 3.05) is 13.2 Å². The van der Waals surface area contributed by atoms with Crippen LogP contribution in [-0.4, -0.2) is 24.7 Å². The lowest BCUT2D eigenvalue weighted by Crippen LogP contribution is -2.44. The molecule has 1 heterocycles. The first-order valence-corrected chi connectivity index (χ1v) is 5.48. The van der Waals surface area contributed by atoms with Crippen LogP contribution in [0.15, 0.2) is 0 Å². The molecule has 1 fully saturated rings. The summed E-state index contributed by atoms with van der Waals surface area (Å²) in [6.45, 7) is 3.16. The van der Waals surface area contributed by atoms with Gasteiger partial charge in [0.15, 0.2) is 0 Å². The molecule has 0 radical (unpaired) electrons. The summed E-state index contributed by atoms with van der Waals surface area (Å²) in [5.41, 5.74) is -0.616. The van der Waals surface area contributed by atoms with Crippen LogP contribution in [0.3, 0.4) is 0 Å². The molecule has 4 nitrogen and oxygen atoms in total. The molecular formula is C11H18N2O2. The topological polar surface area (TPSA) is 62.1 Å². The predicted molar refractivity (Wildman–Crippen MR) is 56.1 cm³/mol. The zero-order valence-corrected chi connectivity index (χ0v) is 9.21. The first-order chi connectivity index (χ1) is 7.19. The third-order valence-corrected chi connectivity index (χ3v) is 2.70. The Morgan fingerprint density at radius 2 is 2.40 bits per heavy atom. The highest BCUT2D eigenvalue weighted by atomic mass is 16.5. The Hall–Kier alpha value is -1.08. The second-order valence-electron chi connectivity index (χ2n) is 4.05. The summed E-state index contributed by atoms with van der Waals surface area (Å²) in [7, 11) is 0. The van der Waals surface area contributed by atoms with Crippen LogP contribution in [0.4, 0.5) is 0 Å². The van der Waals surface area contributed by atoms with Gasteiger partial charge >= 0.3 is 0 Å². The number of carbonyl (C=O) groups excluding carboxylic acids is 1. The van der Waals surface area contributed by atoms with Gasteiger partial charge in [-0.15, -0.1) is 0 Å². The van der Waals surface area contributed by atoms with Crippen molar-refractivity contribution >= 4 is 5.91 Å². The molecule has 1 N–H and O–H groups in total. The summed E-state index contributed by atoms with van der Waals surface area (Å²) in [5, 5.41) is 11.2. The monoisotopic (exact) mass is 210 g/mol. The van der Waals surface area contributed by atoms with Gasteiger partial charge in [-0.1, -0.05) is 0 Å². The average molecular weight is 210 g/mol. The van der Waals surface area contributed by atoms with E-state index in [2.05, 4.69) is 11.4 Å². The molecule has 1 amide bonds. The fraction of sp³-hybridized carbons (Fsp3) is 0.818. The smallest absolute Gasteiger partial charge is 0.251 e. The minimum Gasteiger partial charge on any atom is -0.365 e. The van der Waals surface area contributed by atoms with Gasteiger partial charge in [0, 0.05) is 19.6 Å². The van der Waals surface area contributed by atoms with E-state index in [1.54, 1.807) is 0 Å². The van der Waals surface area contributed by atoms with Gasteiger partial charge in [0.2, 0.25) is 0 Å². The third-order valence-electron chi connectivity index (χ3n) is 2.70. The molecule has 0 aromatic carbocycles. The molecule has 0 saturated carbocycles. The highest BCUT2D eigenvalue weighted by molar-refractivity contribution is 5.84. The molecule has 1 saturated heterocycles. The molecule has 0 aromatic rings. The maximum atomic E-state index is 11.7. The first kappa shape index (κ1) is 12.0. The molecule has 0 aliphatic carbocycles. The summed E-state index contributed by atoms with van der Waals surface area (Å²) in [6.07, 6.45) is 4.02. The molecule has 1 aliphatic heterocycles. The predicted octanol–water partition coefficient (Wildman–Crippen LogP) is 1.37. The summed E-state index contributed by atoms with van der Waals surface area (Å²) < 4.78 is 5.42. The lowest BCUT2D eigenvalue weighted by atomic mass is 10.0. The number of ether oxygens (including phenoxy) is 1. The van der Waals surface area contributed by atoms with E-state index in [0.717, 1.165) is 25.7 Å². The standard InChI is InChI=1S/C11H18N2O2/c1-11(6-5-9-15-11)10(14)13-8-4-2-3-7-12/h2-6,8-9H2,1H3,(H,13,14). The van der Waals surface area contributed by atoms with Gasteiger partial charge in [-0.2, -0.15) is 5.26 Å². The van der Waals surface area contributed by atoms with Crippen molar-refractivity contribution in [3.63, 3.8) is 0 Å². The fourth-order valence-corrected chi connectivity index (χ4v) is 1.68. The van der Waals surface area contributed by atoms with Gasteiger partial charge in [-0.25, -0.2) is 0 Å². The number of hydrogen-bond acceptors (Lipinski definition) is 3. The highest BCUT2D eigenvalue weighted by Crippen LogP contribution is 2.24. The van der Waals surface area contributed by atoms with Gasteiger partial charge in [-0.3, -0.25) is 4.79 Å². The molecule has 15 heavy (non-hydrogen) atoms. The van der Waals surface area contributed by atoms with Gasteiger partial charge < -0.3 is 10.1 Å². The zero-order valence-electron chi connectivity index (χ0n) is 9.21. The molecule has 1 aliphatic rings. The van der Waals surface area contributed by atoms with Crippen molar-refractivity contribution < 1.29 is 9.53 Å². The molecule has 0 bridgehead atoms. The van der Waals surface area contributed by atoms with Crippen LogP contribution in [0.2, 0.25) is 0 Å². The first-order valence-electron chi connectivity index (χ1n) is 5.48. The van der Waals surface area contributed by atoms with E-state index in [1.807, 2.05) is 6.92 Å². The quantitative estimate of drug-likeness (QED) is 0.697. The second kappa shape index (κ2) is 5.72. The van der Waals surface area contributed by atoms with Crippen molar-refractivity contribution in [3.8, 4) is 6.07 Å². The molecule has 1 atom stereocenters. The molecule has 84 valence electrons. The fourth-order valence-electron chi connectivity index (χ4n) is 1.68. The van der Waals surface area contributed by atoms with Crippen LogP contribution in [-0.2, 0) is 9.53 Å². The lowest BCUT2D eigenvalue weighted by molar-refractivity contribution is -0.139. The number of rotatable bonds is 5. The Balaban J connectivity index is 2.16. The van der Waals surface area contributed by atoms with Gasteiger partial charge in [0.05, 0.1) is 6.07 Å². The normalized spacial score (nSPS) is 24.8. The molecule has 1 rings (SSSR count). The van der Waals surface area contributed by atoms with Gasteiger partial charge in [-0.05, 0) is 32.6 Å². The van der Waals surface area contributed by atoms with Crippen LogP contribution >= 0.6 is 0 Å². The number of carbonyl (C=O) groups is 1. The number of nitriles is 1. The van der Waals surface area contributed by atoms with E-state index in [0.29, 0.717) is 19.6 Å². The minimum absolute atomic E-state index is 0.0167. The third kappa shape index (κ3) is 3.52. The van der Waals surface area contributed by atoms with Crippen LogP contribution in [0.25, 0.3) is 0 Å². The SMILES string of the molecule is CC1(C(=O)NCCCCC#N)CCCO1. The Morgan fingerprint density at radius 1 is 1.60 bits per heavy atom. The summed E-state index contributed by atoms with van der Waals surface area (Å²) in [5.74, 6) is -0.0167. The number of amides is 1. The second-order valence-corrected chi connectivity index (χ2v) is 4.05. The van der Waals surface area contributed by atoms with Crippen LogP contribution < -0.4 is 5.32 Å². The van der Waals surface area contributed by atoms with E-state index >= 15 is 0 Å². The minimum atomic E-state index is -0.616. The Labute approximate surface area is 90.6 Å². The number of unbranched alkanes of at least 4 members (excludes halogenated alkanes) is 2. The number of nitrogens with zero attached hydrogens (tertiary/aromatic N) is 1. The van der Waals surface area contributed by atoms with Crippen molar-refractivity contribution in [1.82, 2.24) is 5.32 Å². The Bertz CT molecular complexity index is 252. The molecule has 4 heteroatoms. The van der Waals surface area contributed by atoms with Crippen molar-refractivity contribution in [1.29, 1.82) is 5.26 Å². The van der Waals surface area contributed by atoms with Crippen LogP contribution in [0.5, 0.6) is 0 Å². The molecule has 1 unspecified atom stereocenters. The molecular weight excluding hydrogens is 192 g/mol. The number of nitrogens with one attached hydrogen (secondary N) is 1. The molecule has 0 spiro atoms. The van der Waals surface area contributed by atoms with E-state index in [9.17, 15) is 4.79 Å². The van der Waals surface area contributed by atoms with Gasteiger partial charge in [0.25, 0.3) is 5.91 Å². The Kier molecular flexibility index (Phi) is 4.57. The van der Waals surface area contributed by atoms with E-state index in [-0.39, 0.29) is 5.91 Å². The maximum absolute atomic E-state index is 11.7. The number of hydrogen-bond donors (Lipinski definition) is 1. The maximum Gasteiger partial charge on any atom is 0.251 e. The van der Waals surface area contributed by atoms with E-state index < -0.39 is 5.60 Å². The largest absolute Gasteiger partial charge is 0.365 e. The van der Waals surface area contributed by atoms with Crippen molar-refractivity contribution in [2.45, 2.75) is 44.6 Å². The average Bonchev–Trinajstić information content (AvgIpc) is 2.66. The lowest BCUT2D eigenvalue weighted by Gasteiger charge is -2.21. The Morgan fingerprint density at radius 3 is 3.00 bits per heavy atom. The summed E-state index contributed by atoms with van der Waals surface area (Å²) in [4.78, 5) is 11.7. The van der Waals surface area contributed by atoms with Crippen LogP contribution in [0.1, 0.15) is 39.0 Å². The van der Waals surface area contributed by atoms with Crippen LogP contribution in [0, 0.1) is 11.3 Å². The zero-order chi connectivity index (χ0) is 11.1. The summed E-state index contributed by atoms with van der Waals surface area (Å²) in [6, 6.07) is 2.08. The highest BCUT2D eigenvalue weighted by Gasteiger charge is 2.37. The summed E-state index contributed by atoms with van der Waals surface area (Å²) >= 11 is 0. The molecule has 0 aromatic heterocycles. The van der Waals surface area contributed by atoms with E-state index in [1.165, 1.54) is 0 Å². The van der Waals surface area contributed by atoms with Crippen molar-refractivity contribution in [2.24, 2.45) is 0 Å².